The average Bonchev–Trinajstić information content (AvgIpc) is 2.06. The molecule has 0 fully saturated rings. The average molecular weight is 116 g/mol. The second kappa shape index (κ2) is 0.880. The molecule has 4 bridgehead atoms. The third kappa shape index (κ3) is 0.241. The van der Waals surface area contributed by atoms with Crippen LogP contribution in [-0.4, -0.2) is 9.78 Å². The minimum atomic E-state index is 1.21. The van der Waals surface area contributed by atoms with Crippen molar-refractivity contribution in [1.82, 2.24) is 9.78 Å². The van der Waals surface area contributed by atoms with Gasteiger partial charge in [0, 0.05) is 5.39 Å². The second-order valence-corrected chi connectivity index (χ2v) is 2.30. The number of pyridine rings is 1. The van der Waals surface area contributed by atoms with Crippen LogP contribution in [0, 0.1) is 0 Å². The molecule has 2 aromatic rings. The quantitative estimate of drug-likeness (QED) is 0.433. The molecule has 2 heteroatoms. The van der Waals surface area contributed by atoms with Crippen LogP contribution in [0.25, 0.3) is 16.6 Å². The molecular formula is C7H4N2. The highest BCUT2D eigenvalue weighted by atomic mass is 15.3. The molecule has 0 amide bonds. The monoisotopic (exact) mass is 116 g/mol. The van der Waals surface area contributed by atoms with Crippen molar-refractivity contribution in [3.05, 3.63) is 24.4 Å². The lowest BCUT2D eigenvalue weighted by molar-refractivity contribution is 0.884. The first-order chi connectivity index (χ1) is 4.45. The Morgan fingerprint density at radius 2 is 2.33 bits per heavy atom. The first kappa shape index (κ1) is 3.67. The van der Waals surface area contributed by atoms with E-state index >= 15 is 0 Å². The molecule has 0 N–H and O–H groups in total. The Balaban J connectivity index is 2.84. The third-order valence-corrected chi connectivity index (χ3v) is 1.80. The molecule has 2 aliphatic heterocycles. The van der Waals surface area contributed by atoms with E-state index in [2.05, 4.69) is 23.3 Å². The van der Waals surface area contributed by atoms with Crippen LogP contribution in [0.2, 0.25) is 0 Å². The van der Waals surface area contributed by atoms with Gasteiger partial charge in [0.05, 0.1) is 17.4 Å². The highest BCUT2D eigenvalue weighted by Crippen LogP contribution is 2.27. The van der Waals surface area contributed by atoms with Gasteiger partial charge in [-0.1, -0.05) is 0 Å². The van der Waals surface area contributed by atoms with Gasteiger partial charge in [-0.25, -0.2) is 4.68 Å². The van der Waals surface area contributed by atoms with Gasteiger partial charge in [0.15, 0.2) is 0 Å². The molecule has 2 nitrogen and oxygen atoms in total. The summed E-state index contributed by atoms with van der Waals surface area (Å²) in [5.41, 5.74) is 2.47. The molecule has 42 valence electrons. The SMILES string of the molecule is c1cc2cnn3c2cc1-3. The molecule has 0 radical (unpaired) electrons. The van der Waals surface area contributed by atoms with Gasteiger partial charge in [0.25, 0.3) is 0 Å². The number of hydrogen-bond acceptors (Lipinski definition) is 1. The molecule has 3 heterocycles. The van der Waals surface area contributed by atoms with E-state index in [9.17, 15) is 0 Å². The van der Waals surface area contributed by atoms with Crippen LogP contribution in [0.3, 0.4) is 0 Å². The minimum Gasteiger partial charge on any atom is -0.233 e. The Labute approximate surface area is 51.7 Å². The summed E-state index contributed by atoms with van der Waals surface area (Å²) in [4.78, 5) is 0. The fraction of sp³-hybridized carbons (Fsp3) is 0. The predicted molar refractivity (Wildman–Crippen MR) is 34.6 cm³/mol. The maximum Gasteiger partial charge on any atom is 0.0762 e. The molecule has 1 aromatic heterocycles. The van der Waals surface area contributed by atoms with Gasteiger partial charge in [-0.2, -0.15) is 5.10 Å². The maximum absolute atomic E-state index is 4.13. The lowest BCUT2D eigenvalue weighted by Crippen LogP contribution is -2.02. The summed E-state index contributed by atoms with van der Waals surface area (Å²) in [6.45, 7) is 0. The van der Waals surface area contributed by atoms with Gasteiger partial charge < -0.3 is 0 Å². The standard InChI is InChI=1S/C7H4N2/c1-2-6-3-7-5(1)4-8-9(6)7/h1-4H. The topological polar surface area (TPSA) is 17.8 Å². The van der Waals surface area contributed by atoms with Gasteiger partial charge in [0.2, 0.25) is 0 Å². The summed E-state index contributed by atoms with van der Waals surface area (Å²) in [5.74, 6) is 0. The molecule has 0 atom stereocenters. The Morgan fingerprint density at radius 1 is 1.33 bits per heavy atom. The minimum absolute atomic E-state index is 1.21. The molecule has 2 aliphatic rings. The number of benzene rings is 1. The normalized spacial score (nSPS) is 12.4. The summed E-state index contributed by atoms with van der Waals surface area (Å²) in [6, 6.07) is 6.31. The fourth-order valence-corrected chi connectivity index (χ4v) is 1.28. The van der Waals surface area contributed by atoms with Gasteiger partial charge in [-0.15, -0.1) is 0 Å². The fourth-order valence-electron chi connectivity index (χ4n) is 1.28. The van der Waals surface area contributed by atoms with Crippen molar-refractivity contribution >= 4 is 10.9 Å². The van der Waals surface area contributed by atoms with Crippen molar-refractivity contribution in [2.45, 2.75) is 0 Å². The van der Waals surface area contributed by atoms with Gasteiger partial charge in [-0.3, -0.25) is 0 Å². The Hall–Kier alpha value is -1.31. The summed E-state index contributed by atoms with van der Waals surface area (Å²) < 4.78 is 1.95. The Kier molecular flexibility index (Phi) is 0.358. The smallest absolute Gasteiger partial charge is 0.0762 e. The van der Waals surface area contributed by atoms with Gasteiger partial charge in [0.1, 0.15) is 0 Å². The van der Waals surface area contributed by atoms with Crippen molar-refractivity contribution in [2.24, 2.45) is 0 Å². The van der Waals surface area contributed by atoms with Crippen LogP contribution in [-0.2, 0) is 0 Å². The van der Waals surface area contributed by atoms with Crippen molar-refractivity contribution in [2.75, 3.05) is 0 Å². The van der Waals surface area contributed by atoms with Crippen LogP contribution in [0.4, 0.5) is 0 Å². The van der Waals surface area contributed by atoms with E-state index in [0.717, 1.165) is 0 Å². The molecule has 0 saturated carbocycles. The largest absolute Gasteiger partial charge is 0.233 e. The van der Waals surface area contributed by atoms with Crippen LogP contribution >= 0.6 is 0 Å². The molecule has 4 rings (SSSR count). The first-order valence-corrected chi connectivity index (χ1v) is 2.93. The van der Waals surface area contributed by atoms with Crippen molar-refractivity contribution in [1.29, 1.82) is 0 Å². The van der Waals surface area contributed by atoms with Crippen molar-refractivity contribution < 1.29 is 0 Å². The first-order valence-electron chi connectivity index (χ1n) is 2.93. The Morgan fingerprint density at radius 3 is 3.00 bits per heavy atom. The molecule has 0 unspecified atom stereocenters. The van der Waals surface area contributed by atoms with Crippen molar-refractivity contribution in [3.8, 4) is 5.69 Å². The number of rotatable bonds is 0. The van der Waals surface area contributed by atoms with E-state index in [1.165, 1.54) is 16.6 Å². The summed E-state index contributed by atoms with van der Waals surface area (Å²) in [7, 11) is 0. The van der Waals surface area contributed by atoms with Gasteiger partial charge in [-0.05, 0) is 18.2 Å². The summed E-state index contributed by atoms with van der Waals surface area (Å²) >= 11 is 0. The Bertz CT molecular complexity index is 381. The van der Waals surface area contributed by atoms with E-state index in [1.807, 2.05) is 10.9 Å². The lowest BCUT2D eigenvalue weighted by Gasteiger charge is -2.11. The number of aromatic nitrogens is 2. The van der Waals surface area contributed by atoms with Crippen LogP contribution in [0.1, 0.15) is 0 Å². The molecule has 0 aliphatic carbocycles. The van der Waals surface area contributed by atoms with E-state index in [1.54, 1.807) is 0 Å². The van der Waals surface area contributed by atoms with Crippen LogP contribution in [0.15, 0.2) is 24.4 Å². The number of fused-ring (bicyclic) bond motifs is 1. The summed E-state index contributed by atoms with van der Waals surface area (Å²) in [5, 5.41) is 5.37. The molecule has 9 heavy (non-hydrogen) atoms. The van der Waals surface area contributed by atoms with E-state index in [-0.39, 0.29) is 0 Å². The van der Waals surface area contributed by atoms with E-state index in [4.69, 9.17) is 0 Å². The zero-order valence-electron chi connectivity index (χ0n) is 4.70. The zero-order chi connectivity index (χ0) is 5.84. The lowest BCUT2D eigenvalue weighted by atomic mass is 10.2. The molecule has 0 saturated heterocycles. The highest BCUT2D eigenvalue weighted by molar-refractivity contribution is 5.87. The van der Waals surface area contributed by atoms with Crippen LogP contribution < -0.4 is 0 Å². The van der Waals surface area contributed by atoms with E-state index < -0.39 is 0 Å². The molecular weight excluding hydrogens is 112 g/mol. The maximum atomic E-state index is 4.13. The second-order valence-electron chi connectivity index (χ2n) is 2.30. The highest BCUT2D eigenvalue weighted by Gasteiger charge is 2.13. The van der Waals surface area contributed by atoms with Gasteiger partial charge >= 0.3 is 0 Å². The zero-order valence-corrected chi connectivity index (χ0v) is 4.70. The van der Waals surface area contributed by atoms with E-state index in [0.29, 0.717) is 0 Å². The predicted octanol–water partition coefficient (Wildman–Crippen LogP) is 1.34. The number of hydrogen-bond donors (Lipinski definition) is 0. The summed E-state index contributed by atoms with van der Waals surface area (Å²) in [6.07, 6.45) is 1.89. The molecule has 0 spiro atoms. The third-order valence-electron chi connectivity index (χ3n) is 1.80. The van der Waals surface area contributed by atoms with Crippen LogP contribution in [0.5, 0.6) is 0 Å². The van der Waals surface area contributed by atoms with Crippen molar-refractivity contribution in [3.63, 3.8) is 0 Å². The molecule has 1 aromatic carbocycles. The number of nitrogens with zero attached hydrogens (tertiary/aromatic N) is 2.